The van der Waals surface area contributed by atoms with Gasteiger partial charge in [0.2, 0.25) is 0 Å². The van der Waals surface area contributed by atoms with E-state index in [1.165, 1.54) is 6.08 Å². The molecule has 3 amide bonds. The van der Waals surface area contributed by atoms with E-state index in [1.807, 2.05) is 31.2 Å². The minimum Gasteiger partial charge on any atom is -0.457 e. The van der Waals surface area contributed by atoms with Gasteiger partial charge in [0.05, 0.1) is 16.6 Å². The monoisotopic (exact) mass is 426 g/mol. The number of hydrogen-bond acceptors (Lipinski definition) is 3. The van der Waals surface area contributed by atoms with Crippen molar-refractivity contribution in [3.63, 3.8) is 0 Å². The lowest BCUT2D eigenvalue weighted by Crippen LogP contribution is -2.30. The quantitative estimate of drug-likeness (QED) is 0.432. The Labute approximate surface area is 177 Å². The number of halogens is 2. The molecule has 1 aliphatic heterocycles. The number of aryl methyl sites for hydroxylation is 1. The summed E-state index contributed by atoms with van der Waals surface area (Å²) in [5.41, 5.74) is 2.78. The van der Waals surface area contributed by atoms with Crippen molar-refractivity contribution in [2.75, 3.05) is 0 Å². The molecule has 2 heterocycles. The van der Waals surface area contributed by atoms with E-state index in [1.54, 1.807) is 30.3 Å². The van der Waals surface area contributed by atoms with Gasteiger partial charge >= 0.3 is 6.03 Å². The minimum absolute atomic E-state index is 0.153. The first-order valence-electron chi connectivity index (χ1n) is 8.86. The van der Waals surface area contributed by atoms with Crippen LogP contribution in [0.5, 0.6) is 0 Å². The topological polar surface area (TPSA) is 62.6 Å². The van der Waals surface area contributed by atoms with Gasteiger partial charge < -0.3 is 9.73 Å². The Morgan fingerprint density at radius 3 is 2.55 bits per heavy atom. The number of furan rings is 1. The Kier molecular flexibility index (Phi) is 5.18. The lowest BCUT2D eigenvalue weighted by Gasteiger charge is -2.11. The lowest BCUT2D eigenvalue weighted by atomic mass is 10.1. The zero-order valence-electron chi connectivity index (χ0n) is 15.4. The molecule has 0 bridgehead atoms. The number of nitrogens with zero attached hydrogens (tertiary/aromatic N) is 1. The second-order valence-corrected chi connectivity index (χ2v) is 7.45. The number of imide groups is 1. The van der Waals surface area contributed by atoms with Crippen LogP contribution in [-0.4, -0.2) is 16.8 Å². The first kappa shape index (κ1) is 19.3. The number of hydrogen-bond donors (Lipinski definition) is 1. The molecule has 0 saturated carbocycles. The molecule has 0 unspecified atom stereocenters. The lowest BCUT2D eigenvalue weighted by molar-refractivity contribution is -0.123. The number of carbonyl (C=O) groups excluding carboxylic acids is 2. The third kappa shape index (κ3) is 3.92. The molecule has 4 rings (SSSR count). The number of benzene rings is 2. The van der Waals surface area contributed by atoms with Gasteiger partial charge in [-0.15, -0.1) is 0 Å². The van der Waals surface area contributed by atoms with Crippen molar-refractivity contribution in [1.29, 1.82) is 0 Å². The Bertz CT molecular complexity index is 1130. The van der Waals surface area contributed by atoms with Crippen molar-refractivity contribution < 1.29 is 14.0 Å². The van der Waals surface area contributed by atoms with Gasteiger partial charge in [-0.25, -0.2) is 4.79 Å². The molecule has 0 aliphatic carbocycles. The standard InChI is InChI=1S/C22H16Cl2N2O3/c1-13-5-7-14(8-6-13)12-26-21(27)18(25-22(26)28)11-15-9-10-19(29-15)16-3-2-4-17(23)20(16)24/h2-11H,12H2,1H3,(H,25,28)/b18-11-. The molecule has 5 nitrogen and oxygen atoms in total. The summed E-state index contributed by atoms with van der Waals surface area (Å²) in [6.45, 7) is 2.18. The Balaban J connectivity index is 1.55. The summed E-state index contributed by atoms with van der Waals surface area (Å²) in [6.07, 6.45) is 1.50. The van der Waals surface area contributed by atoms with E-state index in [9.17, 15) is 9.59 Å². The highest BCUT2D eigenvalue weighted by Crippen LogP contribution is 2.34. The first-order chi connectivity index (χ1) is 13.9. The van der Waals surface area contributed by atoms with Crippen LogP contribution in [-0.2, 0) is 11.3 Å². The van der Waals surface area contributed by atoms with Crippen LogP contribution in [0.3, 0.4) is 0 Å². The highest BCUT2D eigenvalue weighted by Gasteiger charge is 2.33. The fourth-order valence-corrected chi connectivity index (χ4v) is 3.40. The van der Waals surface area contributed by atoms with Crippen LogP contribution in [0, 0.1) is 6.92 Å². The molecule has 7 heteroatoms. The fraction of sp³-hybridized carbons (Fsp3) is 0.0909. The zero-order valence-corrected chi connectivity index (χ0v) is 16.9. The molecule has 2 aromatic carbocycles. The molecule has 29 heavy (non-hydrogen) atoms. The highest BCUT2D eigenvalue weighted by atomic mass is 35.5. The van der Waals surface area contributed by atoms with Gasteiger partial charge in [-0.05, 0) is 36.8 Å². The van der Waals surface area contributed by atoms with Gasteiger partial charge in [0.15, 0.2) is 0 Å². The molecule has 0 radical (unpaired) electrons. The van der Waals surface area contributed by atoms with Crippen molar-refractivity contribution in [2.45, 2.75) is 13.5 Å². The second-order valence-electron chi connectivity index (χ2n) is 6.67. The van der Waals surface area contributed by atoms with Crippen LogP contribution in [0.1, 0.15) is 16.9 Å². The van der Waals surface area contributed by atoms with Crippen LogP contribution in [0.15, 0.2) is 64.7 Å². The van der Waals surface area contributed by atoms with E-state index in [2.05, 4.69) is 5.32 Å². The molecular formula is C22H16Cl2N2O3. The van der Waals surface area contributed by atoms with E-state index >= 15 is 0 Å². The third-order valence-corrected chi connectivity index (χ3v) is 5.37. The molecular weight excluding hydrogens is 411 g/mol. The third-order valence-electron chi connectivity index (χ3n) is 4.55. The fourth-order valence-electron chi connectivity index (χ4n) is 3.00. The number of rotatable bonds is 4. The molecule has 1 aromatic heterocycles. The molecule has 146 valence electrons. The summed E-state index contributed by atoms with van der Waals surface area (Å²) in [5.74, 6) is 0.517. The molecule has 0 atom stereocenters. The van der Waals surface area contributed by atoms with Crippen LogP contribution in [0.4, 0.5) is 4.79 Å². The van der Waals surface area contributed by atoms with Crippen LogP contribution in [0.2, 0.25) is 10.0 Å². The van der Waals surface area contributed by atoms with Gasteiger partial charge in [0.1, 0.15) is 17.2 Å². The van der Waals surface area contributed by atoms with Gasteiger partial charge in [-0.1, -0.05) is 59.1 Å². The summed E-state index contributed by atoms with van der Waals surface area (Å²) >= 11 is 12.3. The normalized spacial score (nSPS) is 15.3. The van der Waals surface area contributed by atoms with E-state index in [4.69, 9.17) is 27.6 Å². The SMILES string of the molecule is Cc1ccc(CN2C(=O)N/C(=C\c3ccc(-c4cccc(Cl)c4Cl)o3)C2=O)cc1. The summed E-state index contributed by atoms with van der Waals surface area (Å²) in [6, 6.07) is 15.9. The summed E-state index contributed by atoms with van der Waals surface area (Å²) in [7, 11) is 0. The van der Waals surface area contributed by atoms with Crippen LogP contribution in [0.25, 0.3) is 17.4 Å². The van der Waals surface area contributed by atoms with Crippen molar-refractivity contribution in [3.8, 4) is 11.3 Å². The average molecular weight is 427 g/mol. The van der Waals surface area contributed by atoms with E-state index in [-0.39, 0.29) is 12.2 Å². The number of amides is 3. The summed E-state index contributed by atoms with van der Waals surface area (Å²) in [5, 5.41) is 3.40. The molecule has 1 aliphatic rings. The first-order valence-corrected chi connectivity index (χ1v) is 9.62. The van der Waals surface area contributed by atoms with Gasteiger partial charge in [0, 0.05) is 11.6 Å². The van der Waals surface area contributed by atoms with E-state index in [0.717, 1.165) is 16.0 Å². The summed E-state index contributed by atoms with van der Waals surface area (Å²) < 4.78 is 5.78. The maximum atomic E-state index is 12.7. The maximum Gasteiger partial charge on any atom is 0.329 e. The summed E-state index contributed by atoms with van der Waals surface area (Å²) in [4.78, 5) is 26.1. The van der Waals surface area contributed by atoms with Crippen molar-refractivity contribution in [3.05, 3.63) is 87.2 Å². The molecule has 0 spiro atoms. The Morgan fingerprint density at radius 2 is 1.79 bits per heavy atom. The van der Waals surface area contributed by atoms with Crippen LogP contribution < -0.4 is 5.32 Å². The van der Waals surface area contributed by atoms with Gasteiger partial charge in [0.25, 0.3) is 5.91 Å². The van der Waals surface area contributed by atoms with Crippen molar-refractivity contribution in [1.82, 2.24) is 10.2 Å². The smallest absolute Gasteiger partial charge is 0.329 e. The zero-order chi connectivity index (χ0) is 20.5. The molecule has 1 fully saturated rings. The van der Waals surface area contributed by atoms with Crippen molar-refractivity contribution >= 4 is 41.2 Å². The van der Waals surface area contributed by atoms with Crippen LogP contribution >= 0.6 is 23.2 Å². The second kappa shape index (κ2) is 7.78. The van der Waals surface area contributed by atoms with Crippen molar-refractivity contribution in [2.24, 2.45) is 0 Å². The van der Waals surface area contributed by atoms with E-state index in [0.29, 0.717) is 27.1 Å². The van der Waals surface area contributed by atoms with Gasteiger partial charge in [-0.3, -0.25) is 9.69 Å². The molecule has 1 N–H and O–H groups in total. The van der Waals surface area contributed by atoms with Gasteiger partial charge in [-0.2, -0.15) is 0 Å². The minimum atomic E-state index is -0.466. The average Bonchev–Trinajstić information content (AvgIpc) is 3.26. The Hall–Kier alpha value is -3.02. The number of carbonyl (C=O) groups is 2. The largest absolute Gasteiger partial charge is 0.457 e. The molecule has 3 aromatic rings. The number of nitrogens with one attached hydrogen (secondary N) is 1. The predicted molar refractivity (Wildman–Crippen MR) is 112 cm³/mol. The predicted octanol–water partition coefficient (Wildman–Crippen LogP) is 5.65. The van der Waals surface area contributed by atoms with E-state index < -0.39 is 11.9 Å². The highest BCUT2D eigenvalue weighted by molar-refractivity contribution is 6.43. The number of urea groups is 1. The molecule has 1 saturated heterocycles. The Morgan fingerprint density at radius 1 is 1.03 bits per heavy atom. The maximum absolute atomic E-state index is 12.7.